The van der Waals surface area contributed by atoms with Gasteiger partial charge in [-0.2, -0.15) is 0 Å². The average Bonchev–Trinajstić information content (AvgIpc) is 2.91. The first-order chi connectivity index (χ1) is 10.8. The van der Waals surface area contributed by atoms with E-state index in [1.165, 1.54) is 19.3 Å². The largest absolute Gasteiger partial charge is 0.366 e. The zero-order valence-corrected chi connectivity index (χ0v) is 16.4. The number of hydrogen-bond acceptors (Lipinski definition) is 2. The Morgan fingerprint density at radius 3 is 2.13 bits per heavy atom. The highest BCUT2D eigenvalue weighted by Gasteiger charge is 2.53. The van der Waals surface area contributed by atoms with Gasteiger partial charge in [0.15, 0.2) is 7.00 Å². The molecule has 0 aromatic heterocycles. The van der Waals surface area contributed by atoms with Crippen LogP contribution in [0.5, 0.6) is 0 Å². The highest BCUT2D eigenvalue weighted by Crippen LogP contribution is 2.58. The Morgan fingerprint density at radius 2 is 1.61 bits per heavy atom. The molecule has 4 saturated carbocycles. The van der Waals surface area contributed by atoms with E-state index in [1.807, 2.05) is 0 Å². The SMILES string of the molecule is CP([B]CN1C=CN(C23CC4CC(CC(C4)C2)C3)C1)C(C)(C)C. The molecule has 4 aliphatic carbocycles. The van der Waals surface area contributed by atoms with Crippen LogP contribution in [0.25, 0.3) is 0 Å². The van der Waals surface area contributed by atoms with Crippen LogP contribution in [-0.4, -0.2) is 47.3 Å². The Morgan fingerprint density at radius 1 is 1.04 bits per heavy atom. The molecule has 4 fully saturated rings. The standard InChI is InChI=1S/C19H33BN2P/c1-18(2,3)23(4)20-13-21-5-6-22(14-21)19-10-15-7-16(11-19)9-17(8-15)12-19/h5-6,15-17H,7-14H2,1-4H3. The van der Waals surface area contributed by atoms with E-state index in [9.17, 15) is 0 Å². The van der Waals surface area contributed by atoms with Gasteiger partial charge in [0.05, 0.1) is 6.67 Å². The lowest BCUT2D eigenvalue weighted by Gasteiger charge is -2.60. The van der Waals surface area contributed by atoms with Gasteiger partial charge in [-0.15, -0.1) is 7.80 Å². The molecule has 1 radical (unpaired) electrons. The molecule has 1 atom stereocenters. The van der Waals surface area contributed by atoms with Crippen molar-refractivity contribution in [2.24, 2.45) is 17.8 Å². The molecule has 0 aromatic carbocycles. The minimum Gasteiger partial charge on any atom is -0.366 e. The summed E-state index contributed by atoms with van der Waals surface area (Å²) in [5.74, 6) is 3.12. The molecule has 127 valence electrons. The number of nitrogens with zero attached hydrogens (tertiary/aromatic N) is 2. The average molecular weight is 331 g/mol. The molecule has 1 heterocycles. The monoisotopic (exact) mass is 331 g/mol. The minimum absolute atomic E-state index is 0.00184. The summed E-state index contributed by atoms with van der Waals surface area (Å²) in [6, 6.07) is 0. The second kappa shape index (κ2) is 5.68. The molecule has 5 rings (SSSR count). The van der Waals surface area contributed by atoms with Crippen LogP contribution >= 0.6 is 7.80 Å². The van der Waals surface area contributed by atoms with Gasteiger partial charge in [0.1, 0.15) is 0 Å². The number of rotatable bonds is 4. The smallest absolute Gasteiger partial charge is 0.172 e. The Labute approximate surface area is 145 Å². The van der Waals surface area contributed by atoms with Gasteiger partial charge in [-0.25, -0.2) is 0 Å². The predicted octanol–water partition coefficient (Wildman–Crippen LogP) is 4.49. The first-order valence-corrected chi connectivity index (χ1v) is 11.5. The molecule has 0 aromatic rings. The van der Waals surface area contributed by atoms with E-state index in [1.54, 1.807) is 19.3 Å². The van der Waals surface area contributed by atoms with Crippen molar-refractivity contribution in [1.82, 2.24) is 9.80 Å². The van der Waals surface area contributed by atoms with Crippen molar-refractivity contribution in [2.45, 2.75) is 70.0 Å². The maximum absolute atomic E-state index is 2.74. The fourth-order valence-electron chi connectivity index (χ4n) is 5.81. The third-order valence-electron chi connectivity index (χ3n) is 7.05. The first kappa shape index (κ1) is 16.3. The molecule has 0 amide bonds. The van der Waals surface area contributed by atoms with Crippen molar-refractivity contribution in [3.63, 3.8) is 0 Å². The van der Waals surface area contributed by atoms with Crippen LogP contribution in [0.3, 0.4) is 0 Å². The van der Waals surface area contributed by atoms with Crippen LogP contribution in [-0.2, 0) is 0 Å². The fourth-order valence-corrected chi connectivity index (χ4v) is 6.81. The molecule has 4 bridgehead atoms. The molecule has 1 aliphatic heterocycles. The van der Waals surface area contributed by atoms with Gasteiger partial charge >= 0.3 is 0 Å². The number of hydrogen-bond donors (Lipinski definition) is 0. The molecule has 4 heteroatoms. The molecule has 2 nitrogen and oxygen atoms in total. The van der Waals surface area contributed by atoms with Crippen molar-refractivity contribution in [2.75, 3.05) is 19.8 Å². The third-order valence-corrected chi connectivity index (χ3v) is 9.88. The van der Waals surface area contributed by atoms with E-state index in [2.05, 4.69) is 56.6 Å². The highest BCUT2D eigenvalue weighted by molar-refractivity contribution is 7.86. The van der Waals surface area contributed by atoms with Crippen LogP contribution in [0.1, 0.15) is 59.3 Å². The van der Waals surface area contributed by atoms with Gasteiger partial charge in [0.2, 0.25) is 0 Å². The molecule has 0 spiro atoms. The van der Waals surface area contributed by atoms with Crippen LogP contribution in [0, 0.1) is 17.8 Å². The molecule has 0 saturated heterocycles. The Hall–Kier alpha value is -0.165. The van der Waals surface area contributed by atoms with E-state index >= 15 is 0 Å². The zero-order chi connectivity index (χ0) is 16.2. The topological polar surface area (TPSA) is 6.48 Å². The summed E-state index contributed by atoms with van der Waals surface area (Å²) in [5.41, 5.74) is 0.529. The zero-order valence-electron chi connectivity index (χ0n) is 15.5. The molecule has 5 aliphatic rings. The van der Waals surface area contributed by atoms with Gasteiger partial charge in [-0.1, -0.05) is 27.4 Å². The van der Waals surface area contributed by atoms with Crippen molar-refractivity contribution in [1.29, 1.82) is 0 Å². The summed E-state index contributed by atoms with van der Waals surface area (Å²) < 4.78 is 0. The summed E-state index contributed by atoms with van der Waals surface area (Å²) >= 11 is 0. The Bertz CT molecular complexity index is 449. The van der Waals surface area contributed by atoms with Crippen molar-refractivity contribution >= 4 is 14.8 Å². The maximum atomic E-state index is 2.74. The van der Waals surface area contributed by atoms with Gasteiger partial charge in [0.25, 0.3) is 0 Å². The van der Waals surface area contributed by atoms with Crippen LogP contribution in [0.15, 0.2) is 12.4 Å². The fraction of sp³-hybridized carbons (Fsp3) is 0.895. The van der Waals surface area contributed by atoms with Crippen molar-refractivity contribution < 1.29 is 0 Å². The lowest BCUT2D eigenvalue weighted by atomic mass is 9.52. The van der Waals surface area contributed by atoms with Gasteiger partial charge < -0.3 is 9.80 Å². The lowest BCUT2D eigenvalue weighted by molar-refractivity contribution is -0.0742. The van der Waals surface area contributed by atoms with E-state index in [0.717, 1.165) is 30.9 Å². The van der Waals surface area contributed by atoms with E-state index < -0.39 is 0 Å². The van der Waals surface area contributed by atoms with E-state index in [-0.39, 0.29) is 7.80 Å². The normalized spacial score (nSPS) is 40.1. The third kappa shape index (κ3) is 3.08. The van der Waals surface area contributed by atoms with E-state index in [0.29, 0.717) is 10.7 Å². The van der Waals surface area contributed by atoms with Crippen LogP contribution < -0.4 is 0 Å². The van der Waals surface area contributed by atoms with E-state index in [4.69, 9.17) is 0 Å². The second-order valence-corrected chi connectivity index (χ2v) is 12.7. The minimum atomic E-state index is 0.00184. The van der Waals surface area contributed by atoms with Crippen LogP contribution in [0.4, 0.5) is 0 Å². The van der Waals surface area contributed by atoms with Gasteiger partial charge in [-0.3, -0.25) is 0 Å². The Kier molecular flexibility index (Phi) is 4.03. The Balaban J connectivity index is 1.35. The molecule has 0 N–H and O–H groups in total. The highest BCUT2D eigenvalue weighted by atomic mass is 31.1. The summed E-state index contributed by atoms with van der Waals surface area (Å²) in [6.07, 6.45) is 15.0. The molecular weight excluding hydrogens is 298 g/mol. The first-order valence-electron chi connectivity index (χ1n) is 9.59. The van der Waals surface area contributed by atoms with Gasteiger partial charge in [0, 0.05) is 17.9 Å². The quantitative estimate of drug-likeness (QED) is 0.553. The molecule has 1 unspecified atom stereocenters. The summed E-state index contributed by atoms with van der Waals surface area (Å²) in [4.78, 5) is 5.27. The van der Waals surface area contributed by atoms with Crippen LogP contribution in [0.2, 0.25) is 0 Å². The predicted molar refractivity (Wildman–Crippen MR) is 102 cm³/mol. The summed E-state index contributed by atoms with van der Waals surface area (Å²) in [6.45, 7) is 13.2. The molecule has 23 heavy (non-hydrogen) atoms. The van der Waals surface area contributed by atoms with Gasteiger partial charge in [-0.05, 0) is 67.9 Å². The summed E-state index contributed by atoms with van der Waals surface area (Å²) in [5, 5.41) is 0.443. The van der Waals surface area contributed by atoms with Crippen molar-refractivity contribution in [3.8, 4) is 0 Å². The summed E-state index contributed by atoms with van der Waals surface area (Å²) in [7, 11) is 0.00184. The molecular formula is C19H33BN2P. The lowest BCUT2D eigenvalue weighted by Crippen LogP contribution is -2.58. The maximum Gasteiger partial charge on any atom is 0.172 e. The van der Waals surface area contributed by atoms with Crippen molar-refractivity contribution in [3.05, 3.63) is 12.4 Å². The second-order valence-electron chi connectivity index (χ2n) is 9.79.